The van der Waals surface area contributed by atoms with Gasteiger partial charge in [0.25, 0.3) is 5.91 Å². The van der Waals surface area contributed by atoms with Crippen LogP contribution in [0.5, 0.6) is 0 Å². The summed E-state index contributed by atoms with van der Waals surface area (Å²) in [6, 6.07) is 10.6. The van der Waals surface area contributed by atoms with Gasteiger partial charge in [0.1, 0.15) is 11.9 Å². The molecule has 4 rings (SSSR count). The van der Waals surface area contributed by atoms with Crippen LogP contribution >= 0.6 is 11.3 Å². The molecular weight excluding hydrogens is 649 g/mol. The molecule has 0 aliphatic rings. The van der Waals surface area contributed by atoms with Crippen LogP contribution in [0.3, 0.4) is 0 Å². The smallest absolute Gasteiger partial charge is 0.480 e. The highest BCUT2D eigenvalue weighted by atomic mass is 32.1. The standard InChI is InChI=1S/C26H22F4N4O3S.C2HF3O2.CH4/c1-13(2)9-20(24(36)37)32-23(35)15-5-3-14(4-6-15)16-7-8-19(18(27)10-16)33-25-34-22-21(38-25)11-17(12-31-22)26(28,29)30;3-2(4,5)1(6)7;/h3-8,10-13,20H,9H2,1-2H3,(H,32,35)(H,36,37)(H,31,33,34);(H,6,7);1H4/t20-;;/m0../s1. The number of hydrogen-bond acceptors (Lipinski definition) is 7. The van der Waals surface area contributed by atoms with Gasteiger partial charge in [0, 0.05) is 11.8 Å². The number of halogens is 7. The Morgan fingerprint density at radius 3 is 2.02 bits per heavy atom. The van der Waals surface area contributed by atoms with E-state index in [9.17, 15) is 45.4 Å². The minimum atomic E-state index is -5.08. The molecule has 0 saturated carbocycles. The first-order valence-corrected chi connectivity index (χ1v) is 13.5. The summed E-state index contributed by atoms with van der Waals surface area (Å²) in [7, 11) is 0. The SMILES string of the molecule is C.CC(C)C[C@H](NC(=O)c1ccc(-c2ccc(Nc3nc4ncc(C(F)(F)F)cc4s3)c(F)c2)cc1)C(=O)O.O=C(O)C(F)(F)F. The van der Waals surface area contributed by atoms with Gasteiger partial charge in [0.2, 0.25) is 0 Å². The second-order valence-corrected chi connectivity index (χ2v) is 10.8. The average molecular weight is 677 g/mol. The van der Waals surface area contributed by atoms with Crippen LogP contribution in [0.25, 0.3) is 21.5 Å². The fourth-order valence-corrected chi connectivity index (χ4v) is 4.56. The first kappa shape index (κ1) is 37.4. The first-order chi connectivity index (χ1) is 20.8. The van der Waals surface area contributed by atoms with E-state index in [1.54, 1.807) is 18.2 Å². The molecule has 2 aromatic heterocycles. The van der Waals surface area contributed by atoms with Gasteiger partial charge in [-0.05, 0) is 53.8 Å². The number of pyridine rings is 1. The number of carbonyl (C=O) groups is 3. The number of carboxylic acid groups (broad SMARTS) is 2. The zero-order chi connectivity index (χ0) is 33.7. The van der Waals surface area contributed by atoms with Crippen LogP contribution in [0.2, 0.25) is 0 Å². The van der Waals surface area contributed by atoms with Gasteiger partial charge < -0.3 is 20.8 Å². The Morgan fingerprint density at radius 1 is 0.935 bits per heavy atom. The summed E-state index contributed by atoms with van der Waals surface area (Å²) in [6.45, 7) is 3.72. The van der Waals surface area contributed by atoms with Gasteiger partial charge in [-0.2, -0.15) is 31.3 Å². The number of carboxylic acids is 2. The number of anilines is 2. The maximum atomic E-state index is 14.9. The molecule has 0 saturated heterocycles. The van der Waals surface area contributed by atoms with Crippen LogP contribution in [0.15, 0.2) is 54.7 Å². The maximum Gasteiger partial charge on any atom is 0.490 e. The average Bonchev–Trinajstić information content (AvgIpc) is 3.34. The quantitative estimate of drug-likeness (QED) is 0.139. The Bertz CT molecular complexity index is 1690. The highest BCUT2D eigenvalue weighted by Crippen LogP contribution is 2.34. The Kier molecular flexibility index (Phi) is 12.2. The number of rotatable bonds is 8. The van der Waals surface area contributed by atoms with E-state index < -0.39 is 47.6 Å². The minimum Gasteiger partial charge on any atom is -0.480 e. The summed E-state index contributed by atoms with van der Waals surface area (Å²) in [6.07, 6.45) is -8.62. The number of alkyl halides is 6. The number of nitrogens with zero attached hydrogens (tertiary/aromatic N) is 2. The molecule has 0 spiro atoms. The van der Waals surface area contributed by atoms with Crippen molar-refractivity contribution in [3.05, 3.63) is 71.7 Å². The summed E-state index contributed by atoms with van der Waals surface area (Å²) in [5.74, 6) is -4.93. The predicted molar refractivity (Wildman–Crippen MR) is 156 cm³/mol. The summed E-state index contributed by atoms with van der Waals surface area (Å²) >= 11 is 0.919. The third kappa shape index (κ3) is 10.1. The monoisotopic (exact) mass is 676 g/mol. The summed E-state index contributed by atoms with van der Waals surface area (Å²) in [5, 5.41) is 21.9. The van der Waals surface area contributed by atoms with Crippen LogP contribution in [-0.4, -0.2) is 50.2 Å². The van der Waals surface area contributed by atoms with E-state index in [-0.39, 0.29) is 40.1 Å². The van der Waals surface area contributed by atoms with Gasteiger partial charge in [-0.15, -0.1) is 0 Å². The number of benzene rings is 2. The molecular formula is C29H27F7N4O5S. The Morgan fingerprint density at radius 2 is 1.52 bits per heavy atom. The largest absolute Gasteiger partial charge is 0.490 e. The van der Waals surface area contributed by atoms with Crippen LogP contribution in [-0.2, 0) is 15.8 Å². The van der Waals surface area contributed by atoms with Gasteiger partial charge in [0.05, 0.1) is 16.0 Å². The molecule has 0 fully saturated rings. The highest BCUT2D eigenvalue weighted by Gasteiger charge is 2.38. The normalized spacial score (nSPS) is 12.0. The van der Waals surface area contributed by atoms with Gasteiger partial charge >= 0.3 is 24.3 Å². The summed E-state index contributed by atoms with van der Waals surface area (Å²) < 4.78 is 85.6. The Hall–Kier alpha value is -4.80. The number of thiazole rings is 1. The third-order valence-electron chi connectivity index (χ3n) is 5.82. The van der Waals surface area contributed by atoms with Crippen molar-refractivity contribution in [3.63, 3.8) is 0 Å². The topological polar surface area (TPSA) is 142 Å². The van der Waals surface area contributed by atoms with Crippen molar-refractivity contribution >= 4 is 50.3 Å². The molecule has 2 aromatic carbocycles. The Labute approximate surface area is 261 Å². The van der Waals surface area contributed by atoms with E-state index in [1.165, 1.54) is 24.3 Å². The number of aliphatic carboxylic acids is 2. The molecule has 2 heterocycles. The molecule has 1 atom stereocenters. The molecule has 1 amide bonds. The van der Waals surface area contributed by atoms with Crippen LogP contribution in [0.1, 0.15) is 43.6 Å². The van der Waals surface area contributed by atoms with Crippen molar-refractivity contribution in [2.75, 3.05) is 5.32 Å². The van der Waals surface area contributed by atoms with E-state index in [1.807, 2.05) is 13.8 Å². The van der Waals surface area contributed by atoms with Gasteiger partial charge in [-0.3, -0.25) is 4.79 Å². The number of amides is 1. The summed E-state index contributed by atoms with van der Waals surface area (Å²) in [5.41, 5.74) is 0.698. The fourth-order valence-electron chi connectivity index (χ4n) is 3.69. The molecule has 0 aliphatic heterocycles. The lowest BCUT2D eigenvalue weighted by molar-refractivity contribution is -0.192. The predicted octanol–water partition coefficient (Wildman–Crippen LogP) is 7.76. The molecule has 17 heteroatoms. The molecule has 0 aliphatic carbocycles. The fraction of sp³-hybridized carbons (Fsp3) is 0.276. The van der Waals surface area contributed by atoms with E-state index in [2.05, 4.69) is 20.6 Å². The molecule has 4 aromatic rings. The van der Waals surface area contributed by atoms with Gasteiger partial charge in [-0.1, -0.05) is 50.8 Å². The van der Waals surface area contributed by atoms with E-state index in [0.717, 1.165) is 17.4 Å². The van der Waals surface area contributed by atoms with Gasteiger partial charge in [-0.25, -0.2) is 19.0 Å². The van der Waals surface area contributed by atoms with Crippen molar-refractivity contribution in [2.45, 2.75) is 46.1 Å². The molecule has 248 valence electrons. The summed E-state index contributed by atoms with van der Waals surface area (Å²) in [4.78, 5) is 40.6. The highest BCUT2D eigenvalue weighted by molar-refractivity contribution is 7.22. The number of nitrogens with one attached hydrogen (secondary N) is 2. The van der Waals surface area contributed by atoms with Crippen LogP contribution in [0.4, 0.5) is 41.6 Å². The van der Waals surface area contributed by atoms with Crippen molar-refractivity contribution in [1.29, 1.82) is 0 Å². The van der Waals surface area contributed by atoms with Crippen LogP contribution in [0, 0.1) is 11.7 Å². The minimum absolute atomic E-state index is 0. The molecule has 0 radical (unpaired) electrons. The maximum absolute atomic E-state index is 14.9. The third-order valence-corrected chi connectivity index (χ3v) is 6.73. The van der Waals surface area contributed by atoms with E-state index >= 15 is 0 Å². The number of hydrogen-bond donors (Lipinski definition) is 4. The number of aromatic nitrogens is 2. The first-order valence-electron chi connectivity index (χ1n) is 12.7. The molecule has 0 unspecified atom stereocenters. The van der Waals surface area contributed by atoms with Crippen LogP contribution < -0.4 is 10.6 Å². The zero-order valence-electron chi connectivity index (χ0n) is 23.1. The number of carbonyl (C=O) groups excluding carboxylic acids is 1. The Balaban J connectivity index is 0.000000827. The van der Waals surface area contributed by atoms with E-state index in [0.29, 0.717) is 23.7 Å². The van der Waals surface area contributed by atoms with E-state index in [4.69, 9.17) is 9.90 Å². The second kappa shape index (κ2) is 15.0. The molecule has 0 bridgehead atoms. The lowest BCUT2D eigenvalue weighted by Gasteiger charge is -2.16. The molecule has 4 N–H and O–H groups in total. The zero-order valence-corrected chi connectivity index (χ0v) is 23.9. The van der Waals surface area contributed by atoms with Crippen molar-refractivity contribution < 1.29 is 55.3 Å². The van der Waals surface area contributed by atoms with Crippen molar-refractivity contribution in [2.24, 2.45) is 5.92 Å². The van der Waals surface area contributed by atoms with Gasteiger partial charge in [0.15, 0.2) is 10.8 Å². The van der Waals surface area contributed by atoms with Crippen molar-refractivity contribution in [1.82, 2.24) is 15.3 Å². The molecule has 46 heavy (non-hydrogen) atoms. The lowest BCUT2D eigenvalue weighted by Crippen LogP contribution is -2.41. The second-order valence-electron chi connectivity index (χ2n) is 9.76. The number of fused-ring (bicyclic) bond motifs is 1. The van der Waals surface area contributed by atoms with Crippen molar-refractivity contribution in [3.8, 4) is 11.1 Å². The molecule has 9 nitrogen and oxygen atoms in total. The lowest BCUT2D eigenvalue weighted by atomic mass is 10.0.